The third kappa shape index (κ3) is 6.10. The van der Waals surface area contributed by atoms with E-state index in [9.17, 15) is 9.59 Å². The molecule has 0 spiro atoms. The van der Waals surface area contributed by atoms with Gasteiger partial charge in [0.2, 0.25) is 5.91 Å². The average Bonchev–Trinajstić information content (AvgIpc) is 3.56. The van der Waals surface area contributed by atoms with E-state index in [-0.39, 0.29) is 11.8 Å². The highest BCUT2D eigenvalue weighted by atomic mass is 16.5. The fourth-order valence-electron chi connectivity index (χ4n) is 2.84. The van der Waals surface area contributed by atoms with Crippen molar-refractivity contribution >= 4 is 17.9 Å². The van der Waals surface area contributed by atoms with Gasteiger partial charge < -0.3 is 20.1 Å². The second-order valence-electron chi connectivity index (χ2n) is 6.93. The van der Waals surface area contributed by atoms with Gasteiger partial charge in [-0.1, -0.05) is 18.2 Å². The van der Waals surface area contributed by atoms with Gasteiger partial charge in [-0.3, -0.25) is 9.59 Å². The minimum Gasteiger partial charge on any atom is -0.493 e. The minimum atomic E-state index is -0.166. The van der Waals surface area contributed by atoms with Crippen LogP contribution in [-0.4, -0.2) is 38.6 Å². The summed E-state index contributed by atoms with van der Waals surface area (Å²) in [6.45, 7) is 0.513. The monoisotopic (exact) mass is 394 g/mol. The summed E-state index contributed by atoms with van der Waals surface area (Å²) >= 11 is 0. The Labute approximate surface area is 170 Å². The second kappa shape index (κ2) is 9.78. The molecule has 2 aromatic rings. The maximum Gasteiger partial charge on any atom is 0.251 e. The average molecular weight is 394 g/mol. The summed E-state index contributed by atoms with van der Waals surface area (Å²) in [5, 5.41) is 5.82. The van der Waals surface area contributed by atoms with E-state index in [0.717, 1.165) is 24.0 Å². The van der Waals surface area contributed by atoms with Crippen molar-refractivity contribution in [2.45, 2.75) is 25.3 Å². The molecule has 1 saturated carbocycles. The maximum atomic E-state index is 12.0. The van der Waals surface area contributed by atoms with Crippen LogP contribution in [0.3, 0.4) is 0 Å². The lowest BCUT2D eigenvalue weighted by Crippen LogP contribution is -2.25. The quantitative estimate of drug-likeness (QED) is 0.641. The summed E-state index contributed by atoms with van der Waals surface area (Å²) in [4.78, 5) is 24.0. The Kier molecular flexibility index (Phi) is 6.89. The van der Waals surface area contributed by atoms with Crippen LogP contribution in [0.2, 0.25) is 0 Å². The van der Waals surface area contributed by atoms with Gasteiger partial charge in [0, 0.05) is 24.2 Å². The largest absolute Gasteiger partial charge is 0.493 e. The first kappa shape index (κ1) is 20.5. The van der Waals surface area contributed by atoms with Gasteiger partial charge in [0.25, 0.3) is 5.91 Å². The molecule has 1 fully saturated rings. The zero-order chi connectivity index (χ0) is 20.6. The molecule has 152 valence electrons. The van der Waals surface area contributed by atoms with E-state index in [1.54, 1.807) is 32.4 Å². The van der Waals surface area contributed by atoms with Crippen LogP contribution < -0.4 is 20.1 Å². The number of nitrogens with one attached hydrogen (secondary N) is 2. The summed E-state index contributed by atoms with van der Waals surface area (Å²) in [5.74, 6) is 1.14. The molecule has 0 atom stereocenters. The highest BCUT2D eigenvalue weighted by molar-refractivity contribution is 5.95. The molecule has 0 saturated heterocycles. The van der Waals surface area contributed by atoms with Crippen molar-refractivity contribution in [3.63, 3.8) is 0 Å². The fraction of sp³-hybridized carbons (Fsp3) is 0.304. The van der Waals surface area contributed by atoms with E-state index in [4.69, 9.17) is 9.47 Å². The molecule has 0 bridgehead atoms. The van der Waals surface area contributed by atoms with E-state index in [1.807, 2.05) is 30.3 Å². The van der Waals surface area contributed by atoms with Crippen molar-refractivity contribution in [2.24, 2.45) is 0 Å². The van der Waals surface area contributed by atoms with Crippen LogP contribution in [0.4, 0.5) is 0 Å². The SMILES string of the molecule is COc1ccc(CCNC(=O)/C=C/c2ccc(C(=O)NC3CC3)cc2)cc1OC. The molecular formula is C23H26N2O4. The lowest BCUT2D eigenvalue weighted by Gasteiger charge is -2.09. The predicted molar refractivity (Wildman–Crippen MR) is 112 cm³/mol. The zero-order valence-corrected chi connectivity index (χ0v) is 16.7. The molecule has 2 amide bonds. The van der Waals surface area contributed by atoms with Gasteiger partial charge in [-0.05, 0) is 60.7 Å². The van der Waals surface area contributed by atoms with Crippen LogP contribution in [0, 0.1) is 0 Å². The summed E-state index contributed by atoms with van der Waals surface area (Å²) in [7, 11) is 3.20. The Morgan fingerprint density at radius 2 is 1.76 bits per heavy atom. The van der Waals surface area contributed by atoms with Crippen LogP contribution in [0.25, 0.3) is 6.08 Å². The Morgan fingerprint density at radius 3 is 2.41 bits per heavy atom. The third-order valence-corrected chi connectivity index (χ3v) is 4.67. The molecule has 0 aliphatic heterocycles. The molecule has 0 heterocycles. The van der Waals surface area contributed by atoms with Gasteiger partial charge in [-0.2, -0.15) is 0 Å². The van der Waals surface area contributed by atoms with Gasteiger partial charge >= 0.3 is 0 Å². The normalized spacial score (nSPS) is 13.2. The number of amides is 2. The molecule has 29 heavy (non-hydrogen) atoms. The van der Waals surface area contributed by atoms with Crippen molar-refractivity contribution in [2.75, 3.05) is 20.8 Å². The summed E-state index contributed by atoms with van der Waals surface area (Å²) in [6, 6.07) is 13.2. The molecule has 1 aliphatic rings. The molecule has 0 aromatic heterocycles. The Morgan fingerprint density at radius 1 is 1.03 bits per heavy atom. The van der Waals surface area contributed by atoms with Crippen LogP contribution in [-0.2, 0) is 11.2 Å². The Bertz CT molecular complexity index is 886. The lowest BCUT2D eigenvalue weighted by molar-refractivity contribution is -0.116. The molecular weight excluding hydrogens is 368 g/mol. The van der Waals surface area contributed by atoms with Crippen LogP contribution in [0.1, 0.15) is 34.3 Å². The van der Waals surface area contributed by atoms with Gasteiger partial charge in [-0.15, -0.1) is 0 Å². The summed E-state index contributed by atoms with van der Waals surface area (Å²) < 4.78 is 10.5. The van der Waals surface area contributed by atoms with E-state index in [1.165, 1.54) is 6.08 Å². The third-order valence-electron chi connectivity index (χ3n) is 4.67. The first-order valence-corrected chi connectivity index (χ1v) is 9.67. The first-order chi connectivity index (χ1) is 14.1. The fourth-order valence-corrected chi connectivity index (χ4v) is 2.84. The molecule has 6 heteroatoms. The lowest BCUT2D eigenvalue weighted by atomic mass is 10.1. The summed E-state index contributed by atoms with van der Waals surface area (Å²) in [6.07, 6.45) is 6.04. The van der Waals surface area contributed by atoms with Crippen molar-refractivity contribution < 1.29 is 19.1 Å². The molecule has 2 N–H and O–H groups in total. The number of ether oxygens (including phenoxy) is 2. The molecule has 3 rings (SSSR count). The first-order valence-electron chi connectivity index (χ1n) is 9.67. The van der Waals surface area contributed by atoms with Gasteiger partial charge in [-0.25, -0.2) is 0 Å². The number of carbonyl (C=O) groups is 2. The van der Waals surface area contributed by atoms with E-state index < -0.39 is 0 Å². The Hall–Kier alpha value is -3.28. The van der Waals surface area contributed by atoms with Crippen LogP contribution >= 0.6 is 0 Å². The van der Waals surface area contributed by atoms with Gasteiger partial charge in [0.05, 0.1) is 14.2 Å². The standard InChI is InChI=1S/C23H26N2O4/c1-28-20-11-5-17(15-21(20)29-2)13-14-24-22(26)12-6-16-3-7-18(8-4-16)23(27)25-19-9-10-19/h3-8,11-12,15,19H,9-10,13-14H2,1-2H3,(H,24,26)(H,25,27)/b12-6+. The van der Waals surface area contributed by atoms with Crippen molar-refractivity contribution in [3.05, 3.63) is 65.2 Å². The number of rotatable bonds is 9. The second-order valence-corrected chi connectivity index (χ2v) is 6.93. The van der Waals surface area contributed by atoms with Crippen LogP contribution in [0.15, 0.2) is 48.5 Å². The molecule has 2 aromatic carbocycles. The molecule has 6 nitrogen and oxygen atoms in total. The van der Waals surface area contributed by atoms with E-state index in [2.05, 4.69) is 10.6 Å². The highest BCUT2D eigenvalue weighted by Crippen LogP contribution is 2.27. The zero-order valence-electron chi connectivity index (χ0n) is 16.7. The molecule has 0 unspecified atom stereocenters. The summed E-state index contributed by atoms with van der Waals surface area (Å²) in [5.41, 5.74) is 2.54. The van der Waals surface area contributed by atoms with Crippen molar-refractivity contribution in [1.82, 2.24) is 10.6 Å². The van der Waals surface area contributed by atoms with Crippen molar-refractivity contribution in [3.8, 4) is 11.5 Å². The van der Waals surface area contributed by atoms with Gasteiger partial charge in [0.15, 0.2) is 11.5 Å². The topological polar surface area (TPSA) is 76.7 Å². The molecule has 0 radical (unpaired) electrons. The number of hydrogen-bond donors (Lipinski definition) is 2. The number of methoxy groups -OCH3 is 2. The van der Waals surface area contributed by atoms with Crippen molar-refractivity contribution in [1.29, 1.82) is 0 Å². The number of hydrogen-bond acceptors (Lipinski definition) is 4. The smallest absolute Gasteiger partial charge is 0.251 e. The Balaban J connectivity index is 1.45. The molecule has 1 aliphatic carbocycles. The minimum absolute atomic E-state index is 0.0454. The van der Waals surface area contributed by atoms with Crippen LogP contribution in [0.5, 0.6) is 11.5 Å². The van der Waals surface area contributed by atoms with E-state index >= 15 is 0 Å². The maximum absolute atomic E-state index is 12.0. The number of benzene rings is 2. The number of carbonyl (C=O) groups excluding carboxylic acids is 2. The van der Waals surface area contributed by atoms with Gasteiger partial charge in [0.1, 0.15) is 0 Å². The highest BCUT2D eigenvalue weighted by Gasteiger charge is 2.23. The predicted octanol–water partition coefficient (Wildman–Crippen LogP) is 2.97. The van der Waals surface area contributed by atoms with E-state index in [0.29, 0.717) is 36.1 Å².